The van der Waals surface area contributed by atoms with E-state index in [-0.39, 0.29) is 0 Å². The molecule has 0 N–H and O–H groups in total. The van der Waals surface area contributed by atoms with Gasteiger partial charge in [-0.1, -0.05) is 54.1 Å². The fourth-order valence-electron chi connectivity index (χ4n) is 4.48. The average Bonchev–Trinajstić information content (AvgIpc) is 3.23. The van der Waals surface area contributed by atoms with Gasteiger partial charge in [0.15, 0.2) is 15.7 Å². The highest BCUT2D eigenvalue weighted by Gasteiger charge is 2.25. The van der Waals surface area contributed by atoms with Gasteiger partial charge in [-0.25, -0.2) is 8.42 Å². The molecule has 0 amide bonds. The van der Waals surface area contributed by atoms with Crippen molar-refractivity contribution in [1.29, 1.82) is 0 Å². The van der Waals surface area contributed by atoms with E-state index in [1.807, 2.05) is 61.8 Å². The van der Waals surface area contributed by atoms with Crippen LogP contribution in [0.3, 0.4) is 0 Å². The molecule has 1 aliphatic heterocycles. The molecule has 5 rings (SSSR count). The number of rotatable bonds is 4. The summed E-state index contributed by atoms with van der Waals surface area (Å²) >= 11 is 0. The van der Waals surface area contributed by atoms with Gasteiger partial charge in [0.1, 0.15) is 5.82 Å². The minimum Gasteiger partial charge on any atom is -0.310 e. The Labute approximate surface area is 193 Å². The molecule has 166 valence electrons. The normalized spacial score (nSPS) is 15.2. The zero-order valence-corrected chi connectivity index (χ0v) is 19.4. The van der Waals surface area contributed by atoms with Crippen LogP contribution < -0.4 is 0 Å². The molecule has 0 saturated carbocycles. The molecule has 33 heavy (non-hydrogen) atoms. The maximum atomic E-state index is 12.6. The molecule has 1 aliphatic rings. The van der Waals surface area contributed by atoms with Gasteiger partial charge in [0.2, 0.25) is 0 Å². The highest BCUT2D eigenvalue weighted by molar-refractivity contribution is 7.90. The first kappa shape index (κ1) is 21.3. The topological polar surface area (TPSA) is 77.7 Å². The molecule has 0 fully saturated rings. The molecule has 6 nitrogen and oxygen atoms in total. The Morgan fingerprint density at radius 1 is 0.970 bits per heavy atom. The lowest BCUT2D eigenvalue weighted by atomic mass is 9.88. The summed E-state index contributed by atoms with van der Waals surface area (Å²) in [7, 11) is -3.40. The van der Waals surface area contributed by atoms with E-state index in [0.29, 0.717) is 11.3 Å². The number of benzene rings is 2. The second kappa shape index (κ2) is 8.41. The fraction of sp³-hybridized carbons (Fsp3) is 0.192. The third-order valence-corrected chi connectivity index (χ3v) is 7.10. The van der Waals surface area contributed by atoms with Gasteiger partial charge >= 0.3 is 0 Å². The van der Waals surface area contributed by atoms with Crippen molar-refractivity contribution in [1.82, 2.24) is 19.7 Å². The van der Waals surface area contributed by atoms with Crippen molar-refractivity contribution in [3.63, 3.8) is 0 Å². The molecule has 7 heteroatoms. The van der Waals surface area contributed by atoms with Crippen LogP contribution in [-0.2, 0) is 22.8 Å². The van der Waals surface area contributed by atoms with Crippen LogP contribution in [0.25, 0.3) is 17.0 Å². The summed E-state index contributed by atoms with van der Waals surface area (Å²) in [6.07, 6.45) is 6.28. The Hall–Kier alpha value is -3.58. The summed E-state index contributed by atoms with van der Waals surface area (Å²) in [5.41, 5.74) is 5.88. The Bertz CT molecular complexity index is 1470. The second-order valence-electron chi connectivity index (χ2n) is 8.38. The van der Waals surface area contributed by atoms with E-state index in [1.54, 1.807) is 12.1 Å². The van der Waals surface area contributed by atoms with E-state index in [9.17, 15) is 8.42 Å². The van der Waals surface area contributed by atoms with Gasteiger partial charge in [-0.05, 0) is 42.2 Å². The van der Waals surface area contributed by atoms with Crippen LogP contribution in [0.5, 0.6) is 0 Å². The predicted molar refractivity (Wildman–Crippen MR) is 128 cm³/mol. The van der Waals surface area contributed by atoms with Crippen LogP contribution in [0.4, 0.5) is 0 Å². The van der Waals surface area contributed by atoms with E-state index in [2.05, 4.69) is 25.8 Å². The average molecular weight is 457 g/mol. The van der Waals surface area contributed by atoms with Crippen LogP contribution in [0.1, 0.15) is 28.9 Å². The molecule has 0 saturated heterocycles. The number of aryl methyl sites for hydroxylation is 1. The van der Waals surface area contributed by atoms with Crippen LogP contribution in [-0.4, -0.2) is 34.4 Å². The minimum absolute atomic E-state index is 0.343. The Kier molecular flexibility index (Phi) is 5.42. The summed E-state index contributed by atoms with van der Waals surface area (Å²) in [6, 6.07) is 19.3. The molecule has 0 spiro atoms. The monoisotopic (exact) mass is 456 g/mol. The predicted octanol–water partition coefficient (Wildman–Crippen LogP) is 4.50. The number of pyridine rings is 1. The number of sulfone groups is 1. The van der Waals surface area contributed by atoms with E-state index >= 15 is 0 Å². The smallest absolute Gasteiger partial charge is 0.176 e. The molecule has 0 unspecified atom stereocenters. The van der Waals surface area contributed by atoms with E-state index < -0.39 is 9.84 Å². The first-order valence-corrected chi connectivity index (χ1v) is 12.7. The Morgan fingerprint density at radius 2 is 1.73 bits per heavy atom. The molecule has 0 aliphatic carbocycles. The molecule has 0 atom stereocenters. The van der Waals surface area contributed by atoms with Crippen LogP contribution in [0.2, 0.25) is 0 Å². The lowest BCUT2D eigenvalue weighted by molar-refractivity contribution is 0.601. The van der Waals surface area contributed by atoms with Gasteiger partial charge < -0.3 is 4.57 Å². The summed E-state index contributed by atoms with van der Waals surface area (Å²) in [6.45, 7) is 2.73. The molecule has 2 aromatic heterocycles. The van der Waals surface area contributed by atoms with Crippen LogP contribution >= 0.6 is 0 Å². The minimum atomic E-state index is -3.40. The van der Waals surface area contributed by atoms with Crippen molar-refractivity contribution >= 4 is 15.4 Å². The molecular formula is C26H24N4O2S. The molecular weight excluding hydrogens is 432 g/mol. The van der Waals surface area contributed by atoms with E-state index in [0.717, 1.165) is 58.0 Å². The van der Waals surface area contributed by atoms with Gasteiger partial charge in [0.05, 0.1) is 4.90 Å². The van der Waals surface area contributed by atoms with Gasteiger partial charge in [-0.3, -0.25) is 4.98 Å². The molecule has 3 heterocycles. The van der Waals surface area contributed by atoms with Crippen molar-refractivity contribution < 1.29 is 8.42 Å². The van der Waals surface area contributed by atoms with Gasteiger partial charge in [0.25, 0.3) is 0 Å². The number of hydrogen-bond donors (Lipinski definition) is 0. The first-order chi connectivity index (χ1) is 15.9. The third kappa shape index (κ3) is 4.12. The van der Waals surface area contributed by atoms with Crippen molar-refractivity contribution in [2.45, 2.75) is 31.2 Å². The lowest BCUT2D eigenvalue weighted by Gasteiger charge is -2.23. The Morgan fingerprint density at radius 3 is 2.48 bits per heavy atom. The first-order valence-electron chi connectivity index (χ1n) is 10.8. The van der Waals surface area contributed by atoms with Crippen LogP contribution in [0, 0.1) is 6.92 Å². The summed E-state index contributed by atoms with van der Waals surface area (Å²) in [5, 5.41) is 8.95. The molecule has 0 radical (unpaired) electrons. The number of allylic oxidation sites excluding steroid dienone is 1. The standard InChI is InChI=1S/C26H24N4O2S/c1-18-14-21(17-27-16-18)26-29-28-24-15-20(12-13-30(24)26)25(19-8-4-3-5-9-19)22-10-6-7-11-23(22)33(2,31)32/h3-11,14,16-17H,12-13,15H2,1-2H3/b25-20+. The zero-order valence-electron chi connectivity index (χ0n) is 18.6. The maximum Gasteiger partial charge on any atom is 0.176 e. The molecule has 0 bridgehead atoms. The summed E-state index contributed by atoms with van der Waals surface area (Å²) < 4.78 is 27.4. The highest BCUT2D eigenvalue weighted by Crippen LogP contribution is 2.36. The third-order valence-electron chi connectivity index (χ3n) is 5.94. The summed E-state index contributed by atoms with van der Waals surface area (Å²) in [4.78, 5) is 4.64. The Balaban J connectivity index is 1.66. The lowest BCUT2D eigenvalue weighted by Crippen LogP contribution is -2.16. The number of aromatic nitrogens is 4. The number of fused-ring (bicyclic) bond motifs is 1. The molecule has 4 aromatic rings. The second-order valence-corrected chi connectivity index (χ2v) is 10.4. The maximum absolute atomic E-state index is 12.6. The summed E-state index contributed by atoms with van der Waals surface area (Å²) in [5.74, 6) is 1.69. The van der Waals surface area contributed by atoms with Gasteiger partial charge in [-0.2, -0.15) is 0 Å². The largest absolute Gasteiger partial charge is 0.310 e. The van der Waals surface area contributed by atoms with Crippen molar-refractivity contribution in [3.8, 4) is 11.4 Å². The van der Waals surface area contributed by atoms with Crippen molar-refractivity contribution in [3.05, 3.63) is 101 Å². The van der Waals surface area contributed by atoms with Crippen molar-refractivity contribution in [2.75, 3.05) is 6.26 Å². The quantitative estimate of drug-likeness (QED) is 0.452. The number of nitrogens with zero attached hydrogens (tertiary/aromatic N) is 4. The molecule has 2 aromatic carbocycles. The van der Waals surface area contributed by atoms with E-state index in [1.165, 1.54) is 6.26 Å². The number of hydrogen-bond acceptors (Lipinski definition) is 5. The highest BCUT2D eigenvalue weighted by atomic mass is 32.2. The van der Waals surface area contributed by atoms with E-state index in [4.69, 9.17) is 0 Å². The van der Waals surface area contributed by atoms with Crippen molar-refractivity contribution in [2.24, 2.45) is 0 Å². The van der Waals surface area contributed by atoms with Gasteiger partial charge in [-0.15, -0.1) is 10.2 Å². The fourth-order valence-corrected chi connectivity index (χ4v) is 5.38. The van der Waals surface area contributed by atoms with Crippen LogP contribution in [0.15, 0.2) is 83.5 Å². The van der Waals surface area contributed by atoms with Gasteiger partial charge in [0, 0.05) is 42.7 Å². The SMILES string of the molecule is Cc1cncc(-c2nnc3n2CC/C(=C(/c2ccccc2)c2ccccc2S(C)(=O)=O)C3)c1. The zero-order chi connectivity index (χ0) is 23.0.